The fraction of sp³-hybridized carbons (Fsp3) is 0.750. The molecule has 0 unspecified atom stereocenters. The highest BCUT2D eigenvalue weighted by Crippen LogP contribution is 2.37. The van der Waals surface area contributed by atoms with Crippen molar-refractivity contribution in [3.8, 4) is 0 Å². The first-order chi connectivity index (χ1) is 19.0. The highest BCUT2D eigenvalue weighted by Gasteiger charge is 2.45. The van der Waals surface area contributed by atoms with Crippen LogP contribution in [0.25, 0.3) is 0 Å². The van der Waals surface area contributed by atoms with Gasteiger partial charge in [0.25, 0.3) is 0 Å². The molecule has 2 heterocycles. The van der Waals surface area contributed by atoms with Gasteiger partial charge in [-0.25, -0.2) is 4.79 Å². The minimum Gasteiger partial charge on any atom is -0.480 e. The van der Waals surface area contributed by atoms with Gasteiger partial charge in [0, 0.05) is 18.9 Å². The third kappa shape index (κ3) is 9.54. The maximum atomic E-state index is 13.0. The number of allylic oxidation sites excluding steroid dienone is 5. The molecule has 0 bridgehead atoms. The Labute approximate surface area is 239 Å². The standard InChI is InChI=1S/C32H51NO7/c1-22(19-25-13-15-26(34)16-14-25)9-5-4-6-10-23(2)29(35)20-27-17-12-24(3)32(39,40-27)21-30(36)33-18-8-7-11-28(33)31(37)38/h4-6,9-10,22,24-29,34-35,39H,7-8,11-21H2,1-3H3,(H,37,38)/b6-4+,9-5+,23-10+/t22-,24-,25-,26-,27+,28+,29+,32+/m1/s1. The van der Waals surface area contributed by atoms with Gasteiger partial charge < -0.3 is 30.1 Å². The molecule has 2 saturated heterocycles. The van der Waals surface area contributed by atoms with Crippen LogP contribution in [0.3, 0.4) is 0 Å². The number of aliphatic hydroxyl groups excluding tert-OH is 2. The number of carbonyl (C=O) groups is 2. The molecule has 0 radical (unpaired) electrons. The normalized spacial score (nSPS) is 33.8. The summed E-state index contributed by atoms with van der Waals surface area (Å²) >= 11 is 0. The molecule has 226 valence electrons. The van der Waals surface area contributed by atoms with Crippen LogP contribution < -0.4 is 0 Å². The van der Waals surface area contributed by atoms with E-state index in [1.54, 1.807) is 0 Å². The number of ether oxygens (including phenoxy) is 1. The third-order valence-corrected chi connectivity index (χ3v) is 9.13. The van der Waals surface area contributed by atoms with Crippen molar-refractivity contribution in [2.45, 2.75) is 128 Å². The Balaban J connectivity index is 1.48. The maximum Gasteiger partial charge on any atom is 0.326 e. The first kappa shape index (κ1) is 32.5. The van der Waals surface area contributed by atoms with Crippen molar-refractivity contribution in [3.05, 3.63) is 36.0 Å². The van der Waals surface area contributed by atoms with E-state index in [1.807, 2.05) is 38.2 Å². The van der Waals surface area contributed by atoms with Crippen molar-refractivity contribution < 1.29 is 34.8 Å². The summed E-state index contributed by atoms with van der Waals surface area (Å²) in [4.78, 5) is 26.0. The smallest absolute Gasteiger partial charge is 0.326 e. The second-order valence-electron chi connectivity index (χ2n) is 12.5. The number of carboxylic acids is 1. The topological polar surface area (TPSA) is 128 Å². The molecule has 8 heteroatoms. The SMILES string of the molecule is C\C(=C/C=C/C=C/[C@@H](C)C[C@H]1CC[C@H](O)CC1)[C@@H](O)C[C@@H]1CC[C@@H](C)[C@](O)(CC(=O)N2CCCC[C@H]2C(=O)O)O1. The molecular weight excluding hydrogens is 510 g/mol. The predicted molar refractivity (Wildman–Crippen MR) is 154 cm³/mol. The van der Waals surface area contributed by atoms with E-state index in [2.05, 4.69) is 13.0 Å². The molecule has 0 aromatic heterocycles. The van der Waals surface area contributed by atoms with Crippen LogP contribution in [-0.4, -0.2) is 73.9 Å². The number of aliphatic hydroxyl groups is 3. The van der Waals surface area contributed by atoms with Crippen molar-refractivity contribution in [2.24, 2.45) is 17.8 Å². The molecule has 3 rings (SSSR count). The van der Waals surface area contributed by atoms with E-state index in [1.165, 1.54) is 4.90 Å². The highest BCUT2D eigenvalue weighted by atomic mass is 16.6. The number of carboxylic acid groups (broad SMARTS) is 1. The molecule has 3 aliphatic rings. The van der Waals surface area contributed by atoms with Crippen LogP contribution in [0.15, 0.2) is 36.0 Å². The Kier molecular flexibility index (Phi) is 12.4. The number of aliphatic carboxylic acids is 1. The lowest BCUT2D eigenvalue weighted by Crippen LogP contribution is -2.54. The van der Waals surface area contributed by atoms with Crippen LogP contribution >= 0.6 is 0 Å². The zero-order valence-electron chi connectivity index (χ0n) is 24.6. The molecule has 1 aliphatic carbocycles. The lowest BCUT2D eigenvalue weighted by molar-refractivity contribution is -0.283. The van der Waals surface area contributed by atoms with Gasteiger partial charge in [-0.05, 0) is 88.5 Å². The van der Waals surface area contributed by atoms with Gasteiger partial charge in [-0.15, -0.1) is 0 Å². The van der Waals surface area contributed by atoms with Crippen LogP contribution in [0.2, 0.25) is 0 Å². The summed E-state index contributed by atoms with van der Waals surface area (Å²) in [6.45, 7) is 6.30. The summed E-state index contributed by atoms with van der Waals surface area (Å²) in [5.74, 6) is -2.21. The molecule has 8 nitrogen and oxygen atoms in total. The van der Waals surface area contributed by atoms with Crippen LogP contribution in [0, 0.1) is 17.8 Å². The Morgan fingerprint density at radius 2 is 1.75 bits per heavy atom. The van der Waals surface area contributed by atoms with Gasteiger partial charge in [0.1, 0.15) is 6.04 Å². The summed E-state index contributed by atoms with van der Waals surface area (Å²) in [7, 11) is 0. The predicted octanol–water partition coefficient (Wildman–Crippen LogP) is 4.73. The molecule has 4 N–H and O–H groups in total. The van der Waals surface area contributed by atoms with Crippen molar-refractivity contribution in [2.75, 3.05) is 6.54 Å². The van der Waals surface area contributed by atoms with E-state index in [-0.39, 0.29) is 18.4 Å². The van der Waals surface area contributed by atoms with Gasteiger partial charge in [-0.1, -0.05) is 44.2 Å². The number of likely N-dealkylation sites (tertiary alicyclic amines) is 1. The second kappa shape index (κ2) is 15.3. The molecule has 2 aliphatic heterocycles. The van der Waals surface area contributed by atoms with Gasteiger partial charge in [0.15, 0.2) is 5.79 Å². The molecule has 0 aromatic carbocycles. The molecule has 3 fully saturated rings. The summed E-state index contributed by atoms with van der Waals surface area (Å²) < 4.78 is 6.03. The maximum absolute atomic E-state index is 13.0. The number of nitrogens with zero attached hydrogens (tertiary/aromatic N) is 1. The quantitative estimate of drug-likeness (QED) is 0.269. The summed E-state index contributed by atoms with van der Waals surface area (Å²) in [6.07, 6.45) is 17.2. The van der Waals surface area contributed by atoms with Crippen molar-refractivity contribution in [1.82, 2.24) is 4.90 Å². The molecule has 40 heavy (non-hydrogen) atoms. The fourth-order valence-corrected chi connectivity index (χ4v) is 6.37. The Bertz CT molecular complexity index is 922. The summed E-state index contributed by atoms with van der Waals surface area (Å²) in [5, 5.41) is 41.3. The number of hydrogen-bond acceptors (Lipinski definition) is 6. The molecule has 6 atom stereocenters. The largest absolute Gasteiger partial charge is 0.480 e. The zero-order valence-corrected chi connectivity index (χ0v) is 24.6. The number of carbonyl (C=O) groups excluding carboxylic acids is 1. The molecule has 0 spiro atoms. The average Bonchev–Trinajstić information content (AvgIpc) is 2.91. The Morgan fingerprint density at radius 1 is 1.02 bits per heavy atom. The van der Waals surface area contributed by atoms with Crippen LogP contribution in [0.5, 0.6) is 0 Å². The third-order valence-electron chi connectivity index (χ3n) is 9.13. The Morgan fingerprint density at radius 3 is 2.45 bits per heavy atom. The summed E-state index contributed by atoms with van der Waals surface area (Å²) in [5.41, 5.74) is 0.790. The molecule has 1 saturated carbocycles. The molecule has 1 amide bonds. The van der Waals surface area contributed by atoms with Crippen LogP contribution in [0.4, 0.5) is 0 Å². The van der Waals surface area contributed by atoms with Gasteiger partial charge in [0.2, 0.25) is 5.91 Å². The van der Waals surface area contributed by atoms with Gasteiger partial charge in [-0.2, -0.15) is 0 Å². The number of hydrogen-bond donors (Lipinski definition) is 4. The van der Waals surface area contributed by atoms with Gasteiger partial charge in [-0.3, -0.25) is 4.79 Å². The first-order valence-electron chi connectivity index (χ1n) is 15.3. The first-order valence-corrected chi connectivity index (χ1v) is 15.3. The van der Waals surface area contributed by atoms with E-state index in [4.69, 9.17) is 4.74 Å². The minimum absolute atomic E-state index is 0.114. The van der Waals surface area contributed by atoms with Crippen molar-refractivity contribution in [1.29, 1.82) is 0 Å². The highest BCUT2D eigenvalue weighted by molar-refractivity contribution is 5.84. The fourth-order valence-electron chi connectivity index (χ4n) is 6.37. The van der Waals surface area contributed by atoms with Crippen LogP contribution in [-0.2, 0) is 14.3 Å². The lowest BCUT2D eigenvalue weighted by atomic mass is 9.82. The van der Waals surface area contributed by atoms with Crippen LogP contribution in [0.1, 0.15) is 97.8 Å². The van der Waals surface area contributed by atoms with Crippen molar-refractivity contribution >= 4 is 11.9 Å². The van der Waals surface area contributed by atoms with Crippen molar-refractivity contribution in [3.63, 3.8) is 0 Å². The number of amides is 1. The van der Waals surface area contributed by atoms with E-state index in [0.717, 1.165) is 50.5 Å². The Hall–Kier alpha value is -2.00. The minimum atomic E-state index is -1.68. The van der Waals surface area contributed by atoms with Gasteiger partial charge in [0.05, 0.1) is 24.7 Å². The van der Waals surface area contributed by atoms with E-state index < -0.39 is 35.9 Å². The number of rotatable bonds is 11. The summed E-state index contributed by atoms with van der Waals surface area (Å²) in [6, 6.07) is -0.854. The van der Waals surface area contributed by atoms with Gasteiger partial charge >= 0.3 is 5.97 Å². The zero-order chi connectivity index (χ0) is 29.3. The van der Waals surface area contributed by atoms with E-state index in [0.29, 0.717) is 44.1 Å². The lowest BCUT2D eigenvalue weighted by Gasteiger charge is -2.43. The number of piperidine rings is 1. The monoisotopic (exact) mass is 561 g/mol. The molecular formula is C32H51NO7. The van der Waals surface area contributed by atoms with E-state index >= 15 is 0 Å². The van der Waals surface area contributed by atoms with E-state index in [9.17, 15) is 30.0 Å². The second-order valence-corrected chi connectivity index (χ2v) is 12.5. The average molecular weight is 562 g/mol. The molecule has 0 aromatic rings.